The van der Waals surface area contributed by atoms with Crippen molar-refractivity contribution in [3.05, 3.63) is 0 Å². The molecule has 0 aromatic rings. The van der Waals surface area contributed by atoms with Gasteiger partial charge in [-0.25, -0.2) is 0 Å². The lowest BCUT2D eigenvalue weighted by atomic mass is 10.9. The van der Waals surface area contributed by atoms with Gasteiger partial charge in [0, 0.05) is 6.92 Å². The van der Waals surface area contributed by atoms with Gasteiger partial charge < -0.3 is 5.73 Å². The van der Waals surface area contributed by atoms with Crippen molar-refractivity contribution in [1.29, 1.82) is 5.41 Å². The highest BCUT2D eigenvalue weighted by Gasteiger charge is 1.92. The van der Waals surface area contributed by atoms with Crippen LogP contribution in [-0.2, 0) is 4.79 Å². The van der Waals surface area contributed by atoms with Crippen molar-refractivity contribution in [2.45, 2.75) is 6.92 Å². The van der Waals surface area contributed by atoms with Gasteiger partial charge in [0.2, 0.25) is 0 Å². The molecule has 0 rings (SSSR count). The van der Waals surface area contributed by atoms with E-state index in [1.165, 1.54) is 6.92 Å². The number of nitrogens with one attached hydrogen (secondary N) is 1. The lowest BCUT2D eigenvalue weighted by Gasteiger charge is -1.85. The van der Waals surface area contributed by atoms with Crippen molar-refractivity contribution in [3.8, 4) is 0 Å². The molecule has 0 fully saturated rings. The maximum absolute atomic E-state index is 10.00. The van der Waals surface area contributed by atoms with Crippen molar-refractivity contribution >= 4 is 22.0 Å². The monoisotopic (exact) mass is 118 g/mol. The molecule has 0 atom stereocenters. The molecule has 0 unspecified atom stereocenters. The molecule has 0 radical (unpaired) electrons. The number of nitrogens with two attached hydrogens (primary N) is 1. The summed E-state index contributed by atoms with van der Waals surface area (Å²) in [6, 6.07) is 0. The predicted molar refractivity (Wildman–Crippen MR) is 30.2 cm³/mol. The summed E-state index contributed by atoms with van der Waals surface area (Å²) >= 11 is 0.731. The molecule has 7 heavy (non-hydrogen) atoms. The molecular weight excluding hydrogens is 112 g/mol. The number of rotatable bonds is 0. The molecular formula is C3H6N2OS. The van der Waals surface area contributed by atoms with Gasteiger partial charge in [0.25, 0.3) is 0 Å². The molecule has 0 aliphatic carbocycles. The Hall–Kier alpha value is -0.510. The van der Waals surface area contributed by atoms with E-state index in [1.807, 2.05) is 0 Å². The molecule has 0 aliphatic rings. The number of hydrogen-bond acceptors (Lipinski definition) is 3. The van der Waals surface area contributed by atoms with Crippen molar-refractivity contribution in [2.75, 3.05) is 0 Å². The average Bonchev–Trinajstić information content (AvgIpc) is 1.27. The first-order valence-corrected chi connectivity index (χ1v) is 2.47. The van der Waals surface area contributed by atoms with Crippen LogP contribution in [0.5, 0.6) is 0 Å². The summed E-state index contributed by atoms with van der Waals surface area (Å²) in [4.78, 5) is 10.00. The van der Waals surface area contributed by atoms with Crippen LogP contribution >= 0.6 is 11.8 Å². The largest absolute Gasteiger partial charge is 0.378 e. The summed E-state index contributed by atoms with van der Waals surface area (Å²) < 4.78 is 0. The Kier molecular flexibility index (Phi) is 2.44. The molecule has 0 aliphatic heterocycles. The van der Waals surface area contributed by atoms with Crippen LogP contribution in [0.25, 0.3) is 0 Å². The highest BCUT2D eigenvalue weighted by molar-refractivity contribution is 8.26. The van der Waals surface area contributed by atoms with Crippen molar-refractivity contribution in [3.63, 3.8) is 0 Å². The second-order valence-corrected chi connectivity index (χ2v) is 2.18. The zero-order valence-corrected chi connectivity index (χ0v) is 4.71. The second-order valence-electron chi connectivity index (χ2n) is 0.958. The first-order chi connectivity index (χ1) is 3.13. The lowest BCUT2D eigenvalue weighted by molar-refractivity contribution is -0.109. The van der Waals surface area contributed by atoms with Crippen LogP contribution in [0.2, 0.25) is 0 Å². The van der Waals surface area contributed by atoms with Gasteiger partial charge >= 0.3 is 0 Å². The smallest absolute Gasteiger partial charge is 0.193 e. The minimum Gasteiger partial charge on any atom is -0.378 e. The van der Waals surface area contributed by atoms with E-state index in [9.17, 15) is 4.79 Å². The summed E-state index contributed by atoms with van der Waals surface area (Å²) in [6.07, 6.45) is 0. The zero-order chi connectivity index (χ0) is 5.86. The maximum atomic E-state index is 10.00. The second kappa shape index (κ2) is 2.63. The highest BCUT2D eigenvalue weighted by Crippen LogP contribution is 1.96. The van der Waals surface area contributed by atoms with E-state index in [4.69, 9.17) is 11.1 Å². The zero-order valence-electron chi connectivity index (χ0n) is 3.89. The Bertz CT molecular complexity index is 89.1. The molecule has 0 aromatic heterocycles. The Balaban J connectivity index is 3.32. The van der Waals surface area contributed by atoms with Crippen molar-refractivity contribution in [1.82, 2.24) is 0 Å². The molecule has 0 spiro atoms. The Morgan fingerprint density at radius 1 is 1.86 bits per heavy atom. The minimum atomic E-state index is -0.146. The van der Waals surface area contributed by atoms with Crippen LogP contribution in [-0.4, -0.2) is 10.3 Å². The third-order valence-corrected chi connectivity index (χ3v) is 0.761. The van der Waals surface area contributed by atoms with Crippen LogP contribution in [0.3, 0.4) is 0 Å². The van der Waals surface area contributed by atoms with Gasteiger partial charge in [-0.2, -0.15) is 0 Å². The van der Waals surface area contributed by atoms with Gasteiger partial charge in [-0.15, -0.1) is 0 Å². The average molecular weight is 118 g/mol. The Morgan fingerprint density at radius 2 is 2.29 bits per heavy atom. The molecule has 3 N–H and O–H groups in total. The van der Waals surface area contributed by atoms with Crippen molar-refractivity contribution in [2.24, 2.45) is 5.73 Å². The van der Waals surface area contributed by atoms with Crippen LogP contribution in [0.15, 0.2) is 0 Å². The topological polar surface area (TPSA) is 66.9 Å². The summed E-state index contributed by atoms with van der Waals surface area (Å²) in [5, 5.41) is 6.25. The third kappa shape index (κ3) is 5.49. The molecule has 40 valence electrons. The quantitative estimate of drug-likeness (QED) is 0.351. The third-order valence-electron chi connectivity index (χ3n) is 0.254. The fraction of sp³-hybridized carbons (Fsp3) is 0.333. The van der Waals surface area contributed by atoms with E-state index in [1.54, 1.807) is 0 Å². The fourth-order valence-corrected chi connectivity index (χ4v) is 0.465. The van der Waals surface area contributed by atoms with Crippen molar-refractivity contribution < 1.29 is 4.79 Å². The SMILES string of the molecule is CC(=O)SC(=N)N. The van der Waals surface area contributed by atoms with E-state index >= 15 is 0 Å². The number of carbonyl (C=O) groups excluding carboxylic acids is 1. The first-order valence-electron chi connectivity index (χ1n) is 1.65. The Labute approximate surface area is 45.8 Å². The highest BCUT2D eigenvalue weighted by atomic mass is 32.2. The van der Waals surface area contributed by atoms with E-state index in [-0.39, 0.29) is 10.3 Å². The first kappa shape index (κ1) is 6.49. The van der Waals surface area contributed by atoms with Crippen LogP contribution < -0.4 is 5.73 Å². The molecule has 0 heterocycles. The summed E-state index contributed by atoms with van der Waals surface area (Å²) in [5.41, 5.74) is 4.82. The van der Waals surface area contributed by atoms with Gasteiger partial charge in [0.1, 0.15) is 0 Å². The molecule has 3 nitrogen and oxygen atoms in total. The normalized spacial score (nSPS) is 8.14. The van der Waals surface area contributed by atoms with Gasteiger partial charge in [0.15, 0.2) is 10.3 Å². The molecule has 0 saturated carbocycles. The van der Waals surface area contributed by atoms with Gasteiger partial charge in [0.05, 0.1) is 0 Å². The number of carbonyl (C=O) groups is 1. The van der Waals surface area contributed by atoms with E-state index in [0.29, 0.717) is 0 Å². The standard InChI is InChI=1S/C3H6N2OS/c1-2(6)7-3(4)5/h1H3,(H3,4,5). The van der Waals surface area contributed by atoms with Crippen LogP contribution in [0, 0.1) is 5.41 Å². The predicted octanol–water partition coefficient (Wildman–Crippen LogP) is 0.160. The number of amidine groups is 1. The molecule has 0 saturated heterocycles. The van der Waals surface area contributed by atoms with Gasteiger partial charge in [-0.1, -0.05) is 0 Å². The van der Waals surface area contributed by atoms with Crippen LogP contribution in [0.1, 0.15) is 6.92 Å². The number of hydrogen-bond donors (Lipinski definition) is 2. The molecule has 0 amide bonds. The lowest BCUT2D eigenvalue weighted by Crippen LogP contribution is -2.05. The summed E-state index contributed by atoms with van der Waals surface area (Å²) in [5.74, 6) is 0. The summed E-state index contributed by atoms with van der Waals surface area (Å²) in [6.45, 7) is 1.37. The molecule has 0 aromatic carbocycles. The van der Waals surface area contributed by atoms with E-state index in [2.05, 4.69) is 0 Å². The maximum Gasteiger partial charge on any atom is 0.193 e. The molecule has 0 bridgehead atoms. The van der Waals surface area contributed by atoms with E-state index in [0.717, 1.165) is 11.8 Å². The van der Waals surface area contributed by atoms with Gasteiger partial charge in [-0.3, -0.25) is 10.2 Å². The summed E-state index contributed by atoms with van der Waals surface area (Å²) in [7, 11) is 0. The molecule has 4 heteroatoms. The fourth-order valence-electron chi connectivity index (χ4n) is 0.155. The number of thioether (sulfide) groups is 1. The van der Waals surface area contributed by atoms with Crippen LogP contribution in [0.4, 0.5) is 0 Å². The minimum absolute atomic E-state index is 0.146. The van der Waals surface area contributed by atoms with E-state index < -0.39 is 0 Å². The van der Waals surface area contributed by atoms with Gasteiger partial charge in [-0.05, 0) is 11.8 Å². The Morgan fingerprint density at radius 3 is 2.29 bits per heavy atom.